The molecule has 0 radical (unpaired) electrons. The molecular formula is C11H10BrCl2N3O. The lowest BCUT2D eigenvalue weighted by Crippen LogP contribution is -2.19. The van der Waals surface area contributed by atoms with Gasteiger partial charge in [-0.3, -0.25) is 0 Å². The highest BCUT2D eigenvalue weighted by Gasteiger charge is 2.24. The third kappa shape index (κ3) is 2.03. The van der Waals surface area contributed by atoms with E-state index in [4.69, 9.17) is 27.9 Å². The van der Waals surface area contributed by atoms with E-state index in [1.165, 1.54) is 0 Å². The molecule has 1 saturated heterocycles. The van der Waals surface area contributed by atoms with E-state index in [0.717, 1.165) is 41.6 Å². The lowest BCUT2D eigenvalue weighted by molar-refractivity contribution is 0.0706. The Labute approximate surface area is 122 Å². The molecule has 1 fully saturated rings. The summed E-state index contributed by atoms with van der Waals surface area (Å²) in [6.07, 6.45) is 3.55. The summed E-state index contributed by atoms with van der Waals surface area (Å²) in [5.74, 6) is 0. The van der Waals surface area contributed by atoms with Gasteiger partial charge in [0.1, 0.15) is 10.8 Å². The zero-order valence-corrected chi connectivity index (χ0v) is 12.5. The quantitative estimate of drug-likeness (QED) is 0.733. The summed E-state index contributed by atoms with van der Waals surface area (Å²) in [6, 6.07) is 0.297. The van der Waals surface area contributed by atoms with Crippen LogP contribution in [0.5, 0.6) is 0 Å². The smallest absolute Gasteiger partial charge is 0.224 e. The Bertz CT molecular complexity index is 595. The number of aromatic nitrogens is 3. The van der Waals surface area contributed by atoms with Crippen molar-refractivity contribution < 1.29 is 4.74 Å². The molecule has 0 amide bonds. The van der Waals surface area contributed by atoms with Crippen LogP contribution in [0.4, 0.5) is 0 Å². The SMILES string of the molecule is Clc1ncc2c(Br)c(Cl)n(C3CCOCC3)c2n1. The van der Waals surface area contributed by atoms with Crippen molar-refractivity contribution in [3.63, 3.8) is 0 Å². The van der Waals surface area contributed by atoms with Gasteiger partial charge in [-0.25, -0.2) is 4.98 Å². The average molecular weight is 351 g/mol. The second kappa shape index (κ2) is 4.96. The predicted octanol–water partition coefficient (Wildman–Crippen LogP) is 3.85. The third-order valence-corrected chi connectivity index (χ3v) is 4.74. The van der Waals surface area contributed by atoms with Crippen LogP contribution in [0, 0.1) is 0 Å². The molecule has 0 aliphatic carbocycles. The van der Waals surface area contributed by atoms with Gasteiger partial charge in [0.15, 0.2) is 0 Å². The van der Waals surface area contributed by atoms with Crippen LogP contribution < -0.4 is 0 Å². The Hall–Kier alpha value is -0.360. The maximum atomic E-state index is 6.39. The van der Waals surface area contributed by atoms with Crippen molar-refractivity contribution in [2.24, 2.45) is 0 Å². The normalized spacial score (nSPS) is 17.5. The van der Waals surface area contributed by atoms with Crippen LogP contribution in [-0.2, 0) is 4.74 Å². The Kier molecular flexibility index (Phi) is 3.49. The Morgan fingerprint density at radius 1 is 1.33 bits per heavy atom. The fraction of sp³-hybridized carbons (Fsp3) is 0.455. The Morgan fingerprint density at radius 2 is 2.06 bits per heavy atom. The average Bonchev–Trinajstić information content (AvgIpc) is 2.63. The molecule has 0 spiro atoms. The zero-order valence-electron chi connectivity index (χ0n) is 9.37. The molecule has 3 heterocycles. The zero-order chi connectivity index (χ0) is 12.7. The number of ether oxygens (including phenoxy) is 1. The minimum absolute atomic E-state index is 0.234. The molecule has 0 aromatic carbocycles. The number of hydrogen-bond donors (Lipinski definition) is 0. The van der Waals surface area contributed by atoms with Crippen molar-refractivity contribution in [1.29, 1.82) is 0 Å². The van der Waals surface area contributed by atoms with E-state index in [1.54, 1.807) is 6.20 Å². The monoisotopic (exact) mass is 349 g/mol. The van der Waals surface area contributed by atoms with E-state index in [0.29, 0.717) is 11.2 Å². The molecule has 0 saturated carbocycles. The number of fused-ring (bicyclic) bond motifs is 1. The van der Waals surface area contributed by atoms with Gasteiger partial charge >= 0.3 is 0 Å². The van der Waals surface area contributed by atoms with Gasteiger partial charge in [0, 0.05) is 25.5 Å². The van der Waals surface area contributed by atoms with E-state index in [2.05, 4.69) is 25.9 Å². The van der Waals surface area contributed by atoms with Crippen LogP contribution in [-0.4, -0.2) is 27.7 Å². The molecular weight excluding hydrogens is 341 g/mol. The van der Waals surface area contributed by atoms with Crippen molar-refractivity contribution in [3.8, 4) is 0 Å². The van der Waals surface area contributed by atoms with Crippen molar-refractivity contribution >= 4 is 50.2 Å². The lowest BCUT2D eigenvalue weighted by Gasteiger charge is -2.24. The number of hydrogen-bond acceptors (Lipinski definition) is 3. The molecule has 1 aliphatic heterocycles. The summed E-state index contributed by atoms with van der Waals surface area (Å²) in [7, 11) is 0. The van der Waals surface area contributed by atoms with Crippen LogP contribution in [0.2, 0.25) is 10.4 Å². The van der Waals surface area contributed by atoms with Crippen molar-refractivity contribution in [2.75, 3.05) is 13.2 Å². The predicted molar refractivity (Wildman–Crippen MR) is 74.3 cm³/mol. The van der Waals surface area contributed by atoms with Gasteiger partial charge in [-0.15, -0.1) is 0 Å². The summed E-state index contributed by atoms with van der Waals surface area (Å²) in [5, 5.41) is 1.77. The summed E-state index contributed by atoms with van der Waals surface area (Å²) in [4.78, 5) is 8.29. The van der Waals surface area contributed by atoms with Crippen molar-refractivity contribution in [2.45, 2.75) is 18.9 Å². The van der Waals surface area contributed by atoms with Gasteiger partial charge in [0.05, 0.1) is 9.86 Å². The molecule has 0 N–H and O–H groups in total. The maximum Gasteiger partial charge on any atom is 0.224 e. The highest BCUT2D eigenvalue weighted by molar-refractivity contribution is 9.10. The molecule has 0 unspecified atom stereocenters. The molecule has 1 aliphatic rings. The lowest BCUT2D eigenvalue weighted by atomic mass is 10.1. The first-order valence-corrected chi connectivity index (χ1v) is 7.18. The minimum atomic E-state index is 0.234. The van der Waals surface area contributed by atoms with Crippen LogP contribution in [0.25, 0.3) is 11.0 Å². The first kappa shape index (κ1) is 12.7. The second-order valence-electron chi connectivity index (χ2n) is 4.19. The van der Waals surface area contributed by atoms with E-state index >= 15 is 0 Å². The summed E-state index contributed by atoms with van der Waals surface area (Å²) in [5.41, 5.74) is 0.777. The molecule has 7 heteroatoms. The fourth-order valence-electron chi connectivity index (χ4n) is 2.28. The van der Waals surface area contributed by atoms with Gasteiger partial charge in [-0.05, 0) is 40.4 Å². The molecule has 3 rings (SSSR count). The van der Waals surface area contributed by atoms with Crippen molar-refractivity contribution in [1.82, 2.24) is 14.5 Å². The number of halogens is 3. The van der Waals surface area contributed by atoms with Crippen molar-refractivity contribution in [3.05, 3.63) is 21.1 Å². The van der Waals surface area contributed by atoms with Gasteiger partial charge in [-0.1, -0.05) is 11.6 Å². The molecule has 4 nitrogen and oxygen atoms in total. The molecule has 0 bridgehead atoms. The van der Waals surface area contributed by atoms with E-state index in [-0.39, 0.29) is 5.28 Å². The van der Waals surface area contributed by atoms with Crippen LogP contribution in [0.3, 0.4) is 0 Å². The summed E-state index contributed by atoms with van der Waals surface area (Å²) >= 11 is 15.7. The second-order valence-corrected chi connectivity index (χ2v) is 5.68. The first-order valence-electron chi connectivity index (χ1n) is 5.63. The Morgan fingerprint density at radius 3 is 2.78 bits per heavy atom. The van der Waals surface area contributed by atoms with Gasteiger partial charge in [0.2, 0.25) is 5.28 Å². The first-order chi connectivity index (χ1) is 8.68. The topological polar surface area (TPSA) is 39.9 Å². The molecule has 2 aromatic heterocycles. The maximum absolute atomic E-state index is 6.39. The third-order valence-electron chi connectivity index (χ3n) is 3.15. The Balaban J connectivity index is 2.20. The minimum Gasteiger partial charge on any atom is -0.381 e. The molecule has 0 atom stereocenters. The summed E-state index contributed by atoms with van der Waals surface area (Å²) in [6.45, 7) is 1.49. The van der Waals surface area contributed by atoms with Crippen LogP contribution >= 0.6 is 39.1 Å². The standard InChI is InChI=1S/C11H10BrCl2N3O/c12-8-7-5-15-11(14)16-10(7)17(9(8)13)6-1-3-18-4-2-6/h5-6H,1-4H2. The highest BCUT2D eigenvalue weighted by Crippen LogP contribution is 2.38. The van der Waals surface area contributed by atoms with E-state index in [1.807, 2.05) is 4.57 Å². The van der Waals surface area contributed by atoms with E-state index < -0.39 is 0 Å². The van der Waals surface area contributed by atoms with Crippen LogP contribution in [0.15, 0.2) is 10.7 Å². The largest absolute Gasteiger partial charge is 0.381 e. The van der Waals surface area contributed by atoms with Gasteiger partial charge in [0.25, 0.3) is 0 Å². The number of nitrogens with zero attached hydrogens (tertiary/aromatic N) is 3. The molecule has 18 heavy (non-hydrogen) atoms. The molecule has 96 valence electrons. The van der Waals surface area contributed by atoms with E-state index in [9.17, 15) is 0 Å². The highest BCUT2D eigenvalue weighted by atomic mass is 79.9. The molecule has 2 aromatic rings. The van der Waals surface area contributed by atoms with Crippen LogP contribution in [0.1, 0.15) is 18.9 Å². The van der Waals surface area contributed by atoms with Gasteiger partial charge in [-0.2, -0.15) is 4.98 Å². The fourth-order valence-corrected chi connectivity index (χ4v) is 3.20. The summed E-state index contributed by atoms with van der Waals surface area (Å²) < 4.78 is 8.22. The number of rotatable bonds is 1. The van der Waals surface area contributed by atoms with Gasteiger partial charge < -0.3 is 9.30 Å².